The molecule has 1 aromatic rings. The average Bonchev–Trinajstić information content (AvgIpc) is 2.37. The van der Waals surface area contributed by atoms with Gasteiger partial charge in [0.05, 0.1) is 6.61 Å². The van der Waals surface area contributed by atoms with E-state index in [1.807, 2.05) is 50.1 Å². The minimum atomic E-state index is 0.00119. The van der Waals surface area contributed by atoms with E-state index in [1.165, 1.54) is 0 Å². The molecule has 0 aromatic heterocycles. The van der Waals surface area contributed by atoms with Crippen molar-refractivity contribution in [3.05, 3.63) is 29.8 Å². The molecule has 18 heavy (non-hydrogen) atoms. The fourth-order valence-corrected chi connectivity index (χ4v) is 1.56. The van der Waals surface area contributed by atoms with Crippen molar-refractivity contribution in [2.45, 2.75) is 26.3 Å². The predicted octanol–water partition coefficient (Wildman–Crippen LogP) is 1.64. The number of benzene rings is 1. The summed E-state index contributed by atoms with van der Waals surface area (Å²) >= 11 is 0. The van der Waals surface area contributed by atoms with Crippen molar-refractivity contribution in [1.29, 1.82) is 0 Å². The summed E-state index contributed by atoms with van der Waals surface area (Å²) in [5, 5.41) is 11.9. The van der Waals surface area contributed by atoms with Crippen LogP contribution in [-0.4, -0.2) is 42.2 Å². The number of aliphatic hydroxyl groups is 1. The lowest BCUT2D eigenvalue weighted by Gasteiger charge is -2.22. The zero-order valence-electron chi connectivity index (χ0n) is 11.3. The zero-order valence-corrected chi connectivity index (χ0v) is 11.3. The lowest BCUT2D eigenvalue weighted by atomic mass is 10.2. The van der Waals surface area contributed by atoms with Crippen LogP contribution in [0, 0.1) is 6.92 Å². The zero-order chi connectivity index (χ0) is 13.5. The first-order chi connectivity index (χ1) is 8.54. The topological polar surface area (TPSA) is 52.6 Å². The van der Waals surface area contributed by atoms with Crippen LogP contribution in [0.4, 0.5) is 5.69 Å². The summed E-state index contributed by atoms with van der Waals surface area (Å²) in [5.41, 5.74) is 1.92. The second-order valence-electron chi connectivity index (χ2n) is 4.63. The maximum atomic E-state index is 11.8. The van der Waals surface area contributed by atoms with Crippen molar-refractivity contribution in [1.82, 2.24) is 4.90 Å². The van der Waals surface area contributed by atoms with E-state index in [1.54, 1.807) is 0 Å². The molecule has 0 fully saturated rings. The van der Waals surface area contributed by atoms with Crippen LogP contribution in [0.2, 0.25) is 0 Å². The van der Waals surface area contributed by atoms with Crippen molar-refractivity contribution >= 4 is 11.6 Å². The maximum absolute atomic E-state index is 11.8. The number of hydrogen-bond donors (Lipinski definition) is 2. The summed E-state index contributed by atoms with van der Waals surface area (Å²) in [6, 6.07) is 7.80. The van der Waals surface area contributed by atoms with Crippen LogP contribution >= 0.6 is 0 Å². The largest absolute Gasteiger partial charge is 0.395 e. The van der Waals surface area contributed by atoms with Crippen LogP contribution in [0.1, 0.15) is 18.9 Å². The molecule has 0 radical (unpaired) electrons. The molecule has 1 unspecified atom stereocenters. The highest BCUT2D eigenvalue weighted by atomic mass is 16.3. The molecule has 0 heterocycles. The van der Waals surface area contributed by atoms with Gasteiger partial charge in [0.25, 0.3) is 0 Å². The first kappa shape index (κ1) is 14.7. The minimum absolute atomic E-state index is 0.00119. The normalized spacial score (nSPS) is 12.5. The van der Waals surface area contributed by atoms with Gasteiger partial charge in [-0.3, -0.25) is 4.79 Å². The predicted molar refractivity (Wildman–Crippen MR) is 73.6 cm³/mol. The maximum Gasteiger partial charge on any atom is 0.225 e. The summed E-state index contributed by atoms with van der Waals surface area (Å²) in [5.74, 6) is 0.00119. The molecule has 1 amide bonds. The summed E-state index contributed by atoms with van der Waals surface area (Å²) in [6.07, 6.45) is 0.426. The summed E-state index contributed by atoms with van der Waals surface area (Å²) in [7, 11) is 1.90. The van der Waals surface area contributed by atoms with E-state index >= 15 is 0 Å². The molecule has 2 N–H and O–H groups in total. The van der Waals surface area contributed by atoms with Gasteiger partial charge in [-0.05, 0) is 32.5 Å². The number of aliphatic hydroxyl groups excluding tert-OH is 1. The Kier molecular flexibility index (Phi) is 5.82. The molecule has 4 heteroatoms. The van der Waals surface area contributed by atoms with Gasteiger partial charge >= 0.3 is 0 Å². The molecule has 0 saturated carbocycles. The summed E-state index contributed by atoms with van der Waals surface area (Å²) in [4.78, 5) is 13.7. The molecule has 4 nitrogen and oxygen atoms in total. The first-order valence-electron chi connectivity index (χ1n) is 6.21. The number of carbonyl (C=O) groups excluding carboxylic acids is 1. The number of rotatable bonds is 6. The number of nitrogens with one attached hydrogen (secondary N) is 1. The molecule has 0 aliphatic carbocycles. The van der Waals surface area contributed by atoms with Gasteiger partial charge in [0, 0.05) is 24.7 Å². The van der Waals surface area contributed by atoms with Crippen molar-refractivity contribution in [2.75, 3.05) is 25.5 Å². The van der Waals surface area contributed by atoms with E-state index in [-0.39, 0.29) is 18.6 Å². The third-order valence-corrected chi connectivity index (χ3v) is 3.13. The number of likely N-dealkylation sites (N-methyl/N-ethyl adjacent to an activating group) is 1. The Bertz CT molecular complexity index is 393. The number of para-hydroxylation sites is 1. The van der Waals surface area contributed by atoms with E-state index in [0.29, 0.717) is 13.0 Å². The third-order valence-electron chi connectivity index (χ3n) is 3.13. The quantitative estimate of drug-likeness (QED) is 0.807. The molecule has 0 saturated heterocycles. The first-order valence-corrected chi connectivity index (χ1v) is 6.21. The monoisotopic (exact) mass is 250 g/mol. The Morgan fingerprint density at radius 2 is 2.11 bits per heavy atom. The molecule has 1 aromatic carbocycles. The van der Waals surface area contributed by atoms with E-state index in [9.17, 15) is 4.79 Å². The van der Waals surface area contributed by atoms with Gasteiger partial charge in [0.1, 0.15) is 0 Å². The molecule has 0 bridgehead atoms. The van der Waals surface area contributed by atoms with Gasteiger partial charge in [-0.25, -0.2) is 0 Å². The highest BCUT2D eigenvalue weighted by Crippen LogP contribution is 2.13. The number of carbonyl (C=O) groups is 1. The summed E-state index contributed by atoms with van der Waals surface area (Å²) in [6.45, 7) is 4.64. The number of anilines is 1. The molecule has 0 aliphatic heterocycles. The molecule has 1 atom stereocenters. The second-order valence-corrected chi connectivity index (χ2v) is 4.63. The fraction of sp³-hybridized carbons (Fsp3) is 0.500. The molecular weight excluding hydrogens is 228 g/mol. The second kappa shape index (κ2) is 7.13. The highest BCUT2D eigenvalue weighted by molar-refractivity contribution is 5.91. The number of aryl methyl sites for hydroxylation is 1. The Balaban J connectivity index is 2.41. The smallest absolute Gasteiger partial charge is 0.225 e. The highest BCUT2D eigenvalue weighted by Gasteiger charge is 2.10. The Labute approximate surface area is 109 Å². The van der Waals surface area contributed by atoms with Crippen molar-refractivity contribution < 1.29 is 9.90 Å². The standard InChI is InChI=1S/C14H22N2O2/c1-11-6-4-5-7-13(11)15-14(18)8-9-16(3)12(2)10-17/h4-7,12,17H,8-10H2,1-3H3,(H,15,18). The Morgan fingerprint density at radius 1 is 1.44 bits per heavy atom. The number of nitrogens with zero attached hydrogens (tertiary/aromatic N) is 1. The van der Waals surface area contributed by atoms with Crippen LogP contribution in [0.15, 0.2) is 24.3 Å². The van der Waals surface area contributed by atoms with E-state index < -0.39 is 0 Å². The number of hydrogen-bond acceptors (Lipinski definition) is 3. The lowest BCUT2D eigenvalue weighted by molar-refractivity contribution is -0.116. The van der Waals surface area contributed by atoms with Gasteiger partial charge in [0.15, 0.2) is 0 Å². The van der Waals surface area contributed by atoms with Crippen LogP contribution in [0.5, 0.6) is 0 Å². The van der Waals surface area contributed by atoms with Crippen LogP contribution < -0.4 is 5.32 Å². The van der Waals surface area contributed by atoms with Gasteiger partial charge < -0.3 is 15.3 Å². The summed E-state index contributed by atoms with van der Waals surface area (Å²) < 4.78 is 0. The SMILES string of the molecule is Cc1ccccc1NC(=O)CCN(C)C(C)CO. The average molecular weight is 250 g/mol. The molecule has 1 rings (SSSR count). The van der Waals surface area contributed by atoms with Crippen molar-refractivity contribution in [3.8, 4) is 0 Å². The fourth-order valence-electron chi connectivity index (χ4n) is 1.56. The molecular formula is C14H22N2O2. The van der Waals surface area contributed by atoms with Crippen LogP contribution in [0.25, 0.3) is 0 Å². The van der Waals surface area contributed by atoms with E-state index in [2.05, 4.69) is 5.32 Å². The van der Waals surface area contributed by atoms with Gasteiger partial charge in [-0.15, -0.1) is 0 Å². The van der Waals surface area contributed by atoms with Gasteiger partial charge in [-0.1, -0.05) is 18.2 Å². The van der Waals surface area contributed by atoms with Crippen molar-refractivity contribution in [3.63, 3.8) is 0 Å². The van der Waals surface area contributed by atoms with Gasteiger partial charge in [-0.2, -0.15) is 0 Å². The number of amides is 1. The molecule has 0 aliphatic rings. The Morgan fingerprint density at radius 3 is 2.72 bits per heavy atom. The third kappa shape index (κ3) is 4.47. The van der Waals surface area contributed by atoms with E-state index in [0.717, 1.165) is 11.3 Å². The van der Waals surface area contributed by atoms with Gasteiger partial charge in [0.2, 0.25) is 5.91 Å². The molecule has 100 valence electrons. The Hall–Kier alpha value is -1.39. The van der Waals surface area contributed by atoms with Crippen molar-refractivity contribution in [2.24, 2.45) is 0 Å². The molecule has 0 spiro atoms. The minimum Gasteiger partial charge on any atom is -0.395 e. The van der Waals surface area contributed by atoms with Crippen LogP contribution in [-0.2, 0) is 4.79 Å². The van der Waals surface area contributed by atoms with Crippen LogP contribution in [0.3, 0.4) is 0 Å². The lowest BCUT2D eigenvalue weighted by Crippen LogP contribution is -2.34. The van der Waals surface area contributed by atoms with E-state index in [4.69, 9.17) is 5.11 Å².